The van der Waals surface area contributed by atoms with Gasteiger partial charge in [-0.15, -0.1) is 0 Å². The molecule has 0 aliphatic rings. The summed E-state index contributed by atoms with van der Waals surface area (Å²) in [4.78, 5) is 44.8. The molecule has 0 radical (unpaired) electrons. The van der Waals surface area contributed by atoms with Crippen LogP contribution < -0.4 is 16.4 Å². The molecule has 9 heteroatoms. The van der Waals surface area contributed by atoms with Crippen LogP contribution in [0.4, 0.5) is 0 Å². The average molecular weight is 303 g/mol. The Balaban J connectivity index is 4.75. The van der Waals surface area contributed by atoms with Gasteiger partial charge in [-0.3, -0.25) is 19.7 Å². The maximum absolute atomic E-state index is 12.0. The van der Waals surface area contributed by atoms with Crippen molar-refractivity contribution in [3.63, 3.8) is 0 Å². The topological polar surface area (TPSA) is 148 Å². The zero-order chi connectivity index (χ0) is 16.6. The first-order chi connectivity index (χ1) is 9.68. The number of aliphatic carboxylic acids is 1. The minimum absolute atomic E-state index is 0.194. The van der Waals surface area contributed by atoms with Crippen LogP contribution in [0.15, 0.2) is 0 Å². The molecule has 0 saturated heterocycles. The number of primary amides is 1. The van der Waals surface area contributed by atoms with Gasteiger partial charge in [0.15, 0.2) is 0 Å². The molecular formula is C12H21N3O6. The van der Waals surface area contributed by atoms with Crippen LogP contribution in [-0.4, -0.2) is 54.6 Å². The Kier molecular flexibility index (Phi) is 7.99. The lowest BCUT2D eigenvalue weighted by Crippen LogP contribution is -2.53. The number of methoxy groups -OCH3 is 1. The number of nitrogens with one attached hydrogen (secondary N) is 2. The van der Waals surface area contributed by atoms with Gasteiger partial charge in [-0.2, -0.15) is 0 Å². The Morgan fingerprint density at radius 3 is 2.19 bits per heavy atom. The van der Waals surface area contributed by atoms with Crippen molar-refractivity contribution in [3.8, 4) is 0 Å². The Hall–Kier alpha value is -2.16. The first-order valence-corrected chi connectivity index (χ1v) is 6.30. The van der Waals surface area contributed by atoms with E-state index in [1.165, 1.54) is 7.11 Å². The molecule has 0 heterocycles. The molecule has 0 aliphatic heterocycles. The summed E-state index contributed by atoms with van der Waals surface area (Å²) in [6.45, 7) is 3.25. The Morgan fingerprint density at radius 2 is 1.81 bits per heavy atom. The fourth-order valence-corrected chi connectivity index (χ4v) is 1.56. The maximum Gasteiger partial charge on any atom is 0.326 e. The van der Waals surface area contributed by atoms with Gasteiger partial charge in [0.25, 0.3) is 0 Å². The highest BCUT2D eigenvalue weighted by Gasteiger charge is 2.28. The molecule has 0 aliphatic carbocycles. The van der Waals surface area contributed by atoms with E-state index >= 15 is 0 Å². The molecule has 0 aromatic heterocycles. The zero-order valence-electron chi connectivity index (χ0n) is 12.2. The smallest absolute Gasteiger partial charge is 0.326 e. The van der Waals surface area contributed by atoms with Crippen molar-refractivity contribution in [2.24, 2.45) is 11.7 Å². The molecule has 120 valence electrons. The highest BCUT2D eigenvalue weighted by atomic mass is 16.5. The van der Waals surface area contributed by atoms with E-state index in [-0.39, 0.29) is 12.5 Å². The molecule has 0 spiro atoms. The molecule has 9 nitrogen and oxygen atoms in total. The standard InChI is InChI=1S/C12H21N3O6/c1-6(2)10(14-5-9(17)21-3)11(18)15-7(12(19)20)4-8(13)16/h6-7,10,14H,4-5H2,1-3H3,(H2,13,16)(H,15,18)(H,19,20)/t7?,10-/m0/s1. The minimum atomic E-state index is -1.41. The largest absolute Gasteiger partial charge is 0.480 e. The summed E-state index contributed by atoms with van der Waals surface area (Å²) in [5, 5.41) is 13.8. The van der Waals surface area contributed by atoms with Gasteiger partial charge < -0.3 is 20.9 Å². The summed E-state index contributed by atoms with van der Waals surface area (Å²) in [6, 6.07) is -2.21. The lowest BCUT2D eigenvalue weighted by atomic mass is 10.0. The van der Waals surface area contributed by atoms with Gasteiger partial charge in [0.1, 0.15) is 6.04 Å². The number of esters is 1. The molecule has 0 rings (SSSR count). The molecule has 0 aromatic rings. The van der Waals surface area contributed by atoms with E-state index in [4.69, 9.17) is 10.8 Å². The lowest BCUT2D eigenvalue weighted by Gasteiger charge is -2.23. The summed E-state index contributed by atoms with van der Waals surface area (Å²) < 4.78 is 4.44. The van der Waals surface area contributed by atoms with Crippen LogP contribution in [0.5, 0.6) is 0 Å². The van der Waals surface area contributed by atoms with Crippen molar-refractivity contribution in [2.75, 3.05) is 13.7 Å². The van der Waals surface area contributed by atoms with Crippen molar-refractivity contribution in [1.82, 2.24) is 10.6 Å². The first kappa shape index (κ1) is 18.8. The molecule has 0 fully saturated rings. The van der Waals surface area contributed by atoms with Crippen LogP contribution >= 0.6 is 0 Å². The van der Waals surface area contributed by atoms with Crippen LogP contribution in [0, 0.1) is 5.92 Å². The molecule has 2 amide bonds. The third-order valence-electron chi connectivity index (χ3n) is 2.66. The Bertz CT molecular complexity index is 410. The third-order valence-corrected chi connectivity index (χ3v) is 2.66. The summed E-state index contributed by atoms with van der Waals surface area (Å²) in [5.74, 6) is -3.61. The SMILES string of the molecule is COC(=O)CN[C@H](C(=O)NC(CC(N)=O)C(=O)O)C(C)C. The van der Waals surface area contributed by atoms with E-state index in [2.05, 4.69) is 15.4 Å². The van der Waals surface area contributed by atoms with E-state index in [0.29, 0.717) is 0 Å². The second-order valence-corrected chi connectivity index (χ2v) is 4.75. The molecule has 2 atom stereocenters. The van der Waals surface area contributed by atoms with E-state index < -0.39 is 42.3 Å². The number of amides is 2. The van der Waals surface area contributed by atoms with Crippen LogP contribution in [0.1, 0.15) is 20.3 Å². The predicted octanol–water partition coefficient (Wildman–Crippen LogP) is -1.78. The van der Waals surface area contributed by atoms with E-state index in [1.54, 1.807) is 13.8 Å². The van der Waals surface area contributed by atoms with E-state index in [1.807, 2.05) is 0 Å². The van der Waals surface area contributed by atoms with Gasteiger partial charge in [0, 0.05) is 0 Å². The second-order valence-electron chi connectivity index (χ2n) is 4.75. The molecular weight excluding hydrogens is 282 g/mol. The molecule has 1 unspecified atom stereocenters. The summed E-state index contributed by atoms with van der Waals surface area (Å²) in [6.07, 6.45) is -0.511. The highest BCUT2D eigenvalue weighted by molar-refractivity contribution is 5.90. The second kappa shape index (κ2) is 8.90. The maximum atomic E-state index is 12.0. The molecule has 0 saturated carbocycles. The van der Waals surface area contributed by atoms with Crippen LogP contribution in [0.25, 0.3) is 0 Å². The van der Waals surface area contributed by atoms with Gasteiger partial charge >= 0.3 is 11.9 Å². The Morgan fingerprint density at radius 1 is 1.24 bits per heavy atom. The fraction of sp³-hybridized carbons (Fsp3) is 0.667. The summed E-state index contributed by atoms with van der Waals surface area (Å²) in [7, 11) is 1.21. The average Bonchev–Trinajstić information content (AvgIpc) is 2.36. The molecule has 0 aromatic carbocycles. The number of rotatable bonds is 9. The number of hydrogen-bond donors (Lipinski definition) is 4. The van der Waals surface area contributed by atoms with Gasteiger partial charge in [0.2, 0.25) is 11.8 Å². The van der Waals surface area contributed by atoms with Crippen molar-refractivity contribution < 1.29 is 29.0 Å². The van der Waals surface area contributed by atoms with Crippen LogP contribution in [0.2, 0.25) is 0 Å². The number of carboxylic acids is 1. The summed E-state index contributed by atoms with van der Waals surface area (Å²) in [5.41, 5.74) is 4.93. The van der Waals surface area contributed by atoms with Gasteiger partial charge in [-0.1, -0.05) is 13.8 Å². The van der Waals surface area contributed by atoms with Crippen molar-refractivity contribution in [3.05, 3.63) is 0 Å². The van der Waals surface area contributed by atoms with Gasteiger partial charge in [-0.25, -0.2) is 4.79 Å². The number of carboxylic acid groups (broad SMARTS) is 1. The van der Waals surface area contributed by atoms with Crippen molar-refractivity contribution >= 4 is 23.8 Å². The van der Waals surface area contributed by atoms with Gasteiger partial charge in [-0.05, 0) is 5.92 Å². The fourth-order valence-electron chi connectivity index (χ4n) is 1.56. The third kappa shape index (κ3) is 7.25. The highest BCUT2D eigenvalue weighted by Crippen LogP contribution is 2.03. The van der Waals surface area contributed by atoms with E-state index in [9.17, 15) is 19.2 Å². The minimum Gasteiger partial charge on any atom is -0.480 e. The van der Waals surface area contributed by atoms with Crippen molar-refractivity contribution in [2.45, 2.75) is 32.4 Å². The monoisotopic (exact) mass is 303 g/mol. The molecule has 5 N–H and O–H groups in total. The van der Waals surface area contributed by atoms with Crippen LogP contribution in [0.3, 0.4) is 0 Å². The summed E-state index contributed by atoms with van der Waals surface area (Å²) >= 11 is 0. The lowest BCUT2D eigenvalue weighted by molar-refractivity contribution is -0.144. The first-order valence-electron chi connectivity index (χ1n) is 6.30. The van der Waals surface area contributed by atoms with Gasteiger partial charge in [0.05, 0.1) is 26.1 Å². The number of carbonyl (C=O) groups is 4. The number of carbonyl (C=O) groups excluding carboxylic acids is 3. The van der Waals surface area contributed by atoms with Crippen LogP contribution in [-0.2, 0) is 23.9 Å². The molecule has 21 heavy (non-hydrogen) atoms. The van der Waals surface area contributed by atoms with Crippen molar-refractivity contribution in [1.29, 1.82) is 0 Å². The number of hydrogen-bond acceptors (Lipinski definition) is 6. The quantitative estimate of drug-likeness (QED) is 0.368. The zero-order valence-corrected chi connectivity index (χ0v) is 12.2. The Labute approximate surface area is 122 Å². The predicted molar refractivity (Wildman–Crippen MR) is 72.0 cm³/mol. The van der Waals surface area contributed by atoms with E-state index in [0.717, 1.165) is 0 Å². The molecule has 0 bridgehead atoms. The number of ether oxygens (including phenoxy) is 1. The number of nitrogens with two attached hydrogens (primary N) is 1. The normalized spacial score (nSPS) is 13.3.